The van der Waals surface area contributed by atoms with Crippen molar-refractivity contribution in [2.45, 2.75) is 25.9 Å². The highest BCUT2D eigenvalue weighted by Crippen LogP contribution is 2.24. The zero-order valence-corrected chi connectivity index (χ0v) is 14.5. The second kappa shape index (κ2) is 7.41. The summed E-state index contributed by atoms with van der Waals surface area (Å²) in [6, 6.07) is 15.9. The number of aryl methyl sites for hydroxylation is 1. The molecule has 0 fully saturated rings. The molecule has 2 aromatic carbocycles. The molecule has 4 N–H and O–H groups in total. The summed E-state index contributed by atoms with van der Waals surface area (Å²) in [5.74, 6) is -1.25. The zero-order chi connectivity index (χ0) is 18.7. The third-order valence-corrected chi connectivity index (χ3v) is 4.34. The van der Waals surface area contributed by atoms with Crippen molar-refractivity contribution in [1.29, 1.82) is 0 Å². The van der Waals surface area contributed by atoms with Crippen LogP contribution in [0.4, 0.5) is 5.69 Å². The quantitative estimate of drug-likeness (QED) is 0.636. The lowest BCUT2D eigenvalue weighted by molar-refractivity contribution is -0.117. The van der Waals surface area contributed by atoms with Gasteiger partial charge in [-0.3, -0.25) is 4.79 Å². The van der Waals surface area contributed by atoms with Gasteiger partial charge in [0.05, 0.1) is 6.04 Å². The van der Waals surface area contributed by atoms with Crippen LogP contribution in [0, 0.1) is 0 Å². The summed E-state index contributed by atoms with van der Waals surface area (Å²) in [4.78, 5) is 23.7. The summed E-state index contributed by atoms with van der Waals surface area (Å²) in [6.45, 7) is 2.45. The molecule has 3 rings (SSSR count). The molecule has 1 unspecified atom stereocenters. The molecule has 0 bridgehead atoms. The molecule has 1 amide bonds. The van der Waals surface area contributed by atoms with Gasteiger partial charge in [0.2, 0.25) is 5.91 Å². The van der Waals surface area contributed by atoms with Crippen molar-refractivity contribution in [1.82, 2.24) is 4.57 Å². The fraction of sp³-hybridized carbons (Fsp3) is 0.200. The van der Waals surface area contributed by atoms with Gasteiger partial charge in [-0.15, -0.1) is 0 Å². The van der Waals surface area contributed by atoms with Gasteiger partial charge in [0.1, 0.15) is 5.69 Å². The van der Waals surface area contributed by atoms with Crippen molar-refractivity contribution in [2.75, 3.05) is 5.32 Å². The van der Waals surface area contributed by atoms with Crippen LogP contribution in [0.3, 0.4) is 0 Å². The second-order valence-corrected chi connectivity index (χ2v) is 6.14. The number of anilines is 1. The van der Waals surface area contributed by atoms with E-state index < -0.39 is 12.0 Å². The first-order chi connectivity index (χ1) is 12.5. The van der Waals surface area contributed by atoms with Crippen LogP contribution in [-0.4, -0.2) is 27.6 Å². The lowest BCUT2D eigenvalue weighted by atomic mass is 10.1. The number of nitrogens with zero attached hydrogens (tertiary/aromatic N) is 1. The van der Waals surface area contributed by atoms with Crippen LogP contribution in [0.25, 0.3) is 10.9 Å². The zero-order valence-electron chi connectivity index (χ0n) is 14.5. The predicted octanol–water partition coefficient (Wildman–Crippen LogP) is 2.87. The molecule has 0 aliphatic carbocycles. The Balaban J connectivity index is 1.78. The maximum atomic E-state index is 12.4. The van der Waals surface area contributed by atoms with Crippen molar-refractivity contribution >= 4 is 28.5 Å². The number of nitrogens with one attached hydrogen (secondary N) is 1. The third kappa shape index (κ3) is 3.60. The molecule has 134 valence electrons. The molecule has 6 heteroatoms. The molecule has 0 saturated heterocycles. The van der Waals surface area contributed by atoms with Crippen molar-refractivity contribution in [3.63, 3.8) is 0 Å². The van der Waals surface area contributed by atoms with Gasteiger partial charge >= 0.3 is 5.97 Å². The minimum absolute atomic E-state index is 0.228. The maximum Gasteiger partial charge on any atom is 0.352 e. The Bertz CT molecular complexity index is 948. The number of carbonyl (C=O) groups excluding carboxylic acids is 1. The largest absolute Gasteiger partial charge is 0.477 e. The Morgan fingerprint density at radius 1 is 1.15 bits per heavy atom. The average molecular weight is 351 g/mol. The first-order valence-corrected chi connectivity index (χ1v) is 8.46. The molecular weight excluding hydrogens is 330 g/mol. The lowest BCUT2D eigenvalue weighted by Crippen LogP contribution is -2.37. The molecule has 1 heterocycles. The van der Waals surface area contributed by atoms with Crippen LogP contribution in [0.2, 0.25) is 0 Å². The van der Waals surface area contributed by atoms with E-state index in [4.69, 9.17) is 5.73 Å². The van der Waals surface area contributed by atoms with E-state index in [0.29, 0.717) is 18.7 Å². The first kappa shape index (κ1) is 17.7. The molecule has 1 atom stereocenters. The van der Waals surface area contributed by atoms with Crippen LogP contribution in [-0.2, 0) is 17.8 Å². The Hall–Kier alpha value is -3.12. The van der Waals surface area contributed by atoms with Crippen LogP contribution in [0.15, 0.2) is 54.6 Å². The van der Waals surface area contributed by atoms with Crippen LogP contribution in [0.5, 0.6) is 0 Å². The summed E-state index contributed by atoms with van der Waals surface area (Å²) in [5.41, 5.74) is 8.64. The van der Waals surface area contributed by atoms with Crippen molar-refractivity contribution in [3.8, 4) is 0 Å². The fourth-order valence-electron chi connectivity index (χ4n) is 3.06. The third-order valence-electron chi connectivity index (χ3n) is 4.34. The lowest BCUT2D eigenvalue weighted by Gasteiger charge is -2.13. The van der Waals surface area contributed by atoms with Crippen molar-refractivity contribution in [2.24, 2.45) is 5.73 Å². The number of rotatable bonds is 6. The Labute approximate surface area is 151 Å². The van der Waals surface area contributed by atoms with Gasteiger partial charge in [0, 0.05) is 23.1 Å². The van der Waals surface area contributed by atoms with E-state index in [1.807, 2.05) is 43.3 Å². The normalized spacial score (nSPS) is 12.1. The standard InChI is InChI=1S/C20H21N3O3/c1-2-23-17-9-8-15(11-14(17)12-18(23)20(25)26)22-19(24)16(21)10-13-6-4-3-5-7-13/h3-9,11-12,16H,2,10,21H2,1H3,(H,22,24)(H,25,26). The van der Waals surface area contributed by atoms with Gasteiger partial charge in [-0.2, -0.15) is 0 Å². The van der Waals surface area contributed by atoms with E-state index in [9.17, 15) is 14.7 Å². The Morgan fingerprint density at radius 3 is 2.54 bits per heavy atom. The van der Waals surface area contributed by atoms with Gasteiger partial charge in [0.15, 0.2) is 0 Å². The van der Waals surface area contributed by atoms with E-state index in [1.54, 1.807) is 22.8 Å². The fourth-order valence-corrected chi connectivity index (χ4v) is 3.06. The average Bonchev–Trinajstić information content (AvgIpc) is 3.00. The molecule has 6 nitrogen and oxygen atoms in total. The summed E-state index contributed by atoms with van der Waals surface area (Å²) >= 11 is 0. The number of hydrogen-bond acceptors (Lipinski definition) is 3. The smallest absolute Gasteiger partial charge is 0.352 e. The summed E-state index contributed by atoms with van der Waals surface area (Å²) in [6.07, 6.45) is 0.449. The minimum Gasteiger partial charge on any atom is -0.477 e. The van der Waals surface area contributed by atoms with Gasteiger partial charge in [0.25, 0.3) is 0 Å². The van der Waals surface area contributed by atoms with Gasteiger partial charge in [-0.05, 0) is 43.2 Å². The molecule has 26 heavy (non-hydrogen) atoms. The minimum atomic E-state index is -0.974. The maximum absolute atomic E-state index is 12.4. The van der Waals surface area contributed by atoms with Gasteiger partial charge in [-0.1, -0.05) is 30.3 Å². The number of aromatic nitrogens is 1. The van der Waals surface area contributed by atoms with Crippen molar-refractivity contribution < 1.29 is 14.7 Å². The topological polar surface area (TPSA) is 97.4 Å². The molecule has 0 radical (unpaired) electrons. The predicted molar refractivity (Wildman–Crippen MR) is 101 cm³/mol. The first-order valence-electron chi connectivity index (χ1n) is 8.46. The highest BCUT2D eigenvalue weighted by molar-refractivity contribution is 5.99. The number of nitrogens with two attached hydrogens (primary N) is 1. The Morgan fingerprint density at radius 2 is 1.88 bits per heavy atom. The number of aromatic carboxylic acids is 1. The van der Waals surface area contributed by atoms with Crippen LogP contribution >= 0.6 is 0 Å². The van der Waals surface area contributed by atoms with E-state index in [1.165, 1.54) is 0 Å². The van der Waals surface area contributed by atoms with E-state index in [-0.39, 0.29) is 11.6 Å². The summed E-state index contributed by atoms with van der Waals surface area (Å²) in [5, 5.41) is 12.9. The molecule has 1 aromatic heterocycles. The molecule has 0 saturated carbocycles. The van der Waals surface area contributed by atoms with Gasteiger partial charge in [-0.25, -0.2) is 4.79 Å². The summed E-state index contributed by atoms with van der Waals surface area (Å²) < 4.78 is 1.73. The number of hydrogen-bond donors (Lipinski definition) is 3. The highest BCUT2D eigenvalue weighted by Gasteiger charge is 2.16. The van der Waals surface area contributed by atoms with E-state index >= 15 is 0 Å². The number of carboxylic acid groups (broad SMARTS) is 1. The van der Waals surface area contributed by atoms with E-state index in [2.05, 4.69) is 5.32 Å². The number of carboxylic acids is 1. The number of fused-ring (bicyclic) bond motifs is 1. The van der Waals surface area contributed by atoms with Crippen LogP contribution in [0.1, 0.15) is 23.0 Å². The molecular formula is C20H21N3O3. The molecule has 0 spiro atoms. The molecule has 3 aromatic rings. The van der Waals surface area contributed by atoms with Gasteiger partial charge < -0.3 is 20.7 Å². The SMILES string of the molecule is CCn1c(C(=O)O)cc2cc(NC(=O)C(N)Cc3ccccc3)ccc21. The molecule has 0 aliphatic heterocycles. The number of amides is 1. The monoisotopic (exact) mass is 351 g/mol. The number of carbonyl (C=O) groups is 2. The Kier molecular flexibility index (Phi) is 5.04. The van der Waals surface area contributed by atoms with Crippen molar-refractivity contribution in [3.05, 3.63) is 65.9 Å². The van der Waals surface area contributed by atoms with Crippen LogP contribution < -0.4 is 11.1 Å². The number of benzene rings is 2. The highest BCUT2D eigenvalue weighted by atomic mass is 16.4. The van der Waals surface area contributed by atoms with E-state index in [0.717, 1.165) is 16.5 Å². The summed E-state index contributed by atoms with van der Waals surface area (Å²) in [7, 11) is 0. The second-order valence-electron chi connectivity index (χ2n) is 6.14. The molecule has 0 aliphatic rings.